The van der Waals surface area contributed by atoms with E-state index < -0.39 is 0 Å². The van der Waals surface area contributed by atoms with Gasteiger partial charge in [0, 0.05) is 6.54 Å². The van der Waals surface area contributed by atoms with Crippen LogP contribution < -0.4 is 5.73 Å². The van der Waals surface area contributed by atoms with Gasteiger partial charge in [-0.05, 0) is 26.0 Å². The fourth-order valence-electron chi connectivity index (χ4n) is 0.983. The van der Waals surface area contributed by atoms with Crippen LogP contribution in [-0.4, -0.2) is 22.4 Å². The van der Waals surface area contributed by atoms with Gasteiger partial charge in [0.1, 0.15) is 0 Å². The van der Waals surface area contributed by atoms with Crippen LogP contribution in [0.1, 0.15) is 38.9 Å². The second-order valence-corrected chi connectivity index (χ2v) is 5.26. The van der Waals surface area contributed by atoms with Gasteiger partial charge in [0.25, 0.3) is 0 Å². The summed E-state index contributed by atoms with van der Waals surface area (Å²) in [5.74, 6) is 3.35. The second-order valence-electron chi connectivity index (χ2n) is 4.16. The lowest BCUT2D eigenvalue weighted by Crippen LogP contribution is -2.28. The molecule has 2 N–H and O–H groups in total. The van der Waals surface area contributed by atoms with Crippen LogP contribution in [0.4, 0.5) is 0 Å². The fourth-order valence-corrected chi connectivity index (χ4v) is 1.72. The zero-order chi connectivity index (χ0) is 11.3. The Balaban J connectivity index is 2.56. The molecule has 0 aliphatic carbocycles. The molecule has 0 saturated carbocycles. The first-order chi connectivity index (χ1) is 7.10. The first-order valence-corrected chi connectivity index (χ1v) is 6.36. The number of nitrogens with zero attached hydrogens (tertiary/aromatic N) is 2. The van der Waals surface area contributed by atoms with E-state index in [1.165, 1.54) is 6.42 Å². The van der Waals surface area contributed by atoms with E-state index in [0.717, 1.165) is 17.3 Å². The third-order valence-corrected chi connectivity index (χ3v) is 3.30. The number of thioether (sulfide) groups is 1. The van der Waals surface area contributed by atoms with Gasteiger partial charge in [-0.1, -0.05) is 12.1 Å². The zero-order valence-corrected chi connectivity index (χ0v) is 10.4. The summed E-state index contributed by atoms with van der Waals surface area (Å²) in [4.78, 5) is 4.35. The molecular formula is C10H19N3OS. The summed E-state index contributed by atoms with van der Waals surface area (Å²) in [7, 11) is 0. The predicted molar refractivity (Wildman–Crippen MR) is 62.8 cm³/mol. The highest BCUT2D eigenvalue weighted by Gasteiger charge is 2.25. The standard InChI is InChI=1S/C10H19N3OS/c1-4-5-15-6-8-12-9(14-13-8)10(2,3)7-11/h4-7,11H2,1-3H3. The first kappa shape index (κ1) is 12.5. The monoisotopic (exact) mass is 229 g/mol. The minimum absolute atomic E-state index is 0.222. The zero-order valence-electron chi connectivity index (χ0n) is 9.62. The average Bonchev–Trinajstić information content (AvgIpc) is 2.68. The summed E-state index contributed by atoms with van der Waals surface area (Å²) in [6, 6.07) is 0. The van der Waals surface area contributed by atoms with E-state index in [1.54, 1.807) is 0 Å². The van der Waals surface area contributed by atoms with Gasteiger partial charge in [0.15, 0.2) is 5.82 Å². The van der Waals surface area contributed by atoms with Crippen molar-refractivity contribution in [1.29, 1.82) is 0 Å². The molecule has 0 aromatic carbocycles. The molecule has 4 nitrogen and oxygen atoms in total. The van der Waals surface area contributed by atoms with E-state index in [9.17, 15) is 0 Å². The van der Waals surface area contributed by atoms with Gasteiger partial charge in [-0.25, -0.2) is 0 Å². The van der Waals surface area contributed by atoms with E-state index in [4.69, 9.17) is 10.3 Å². The topological polar surface area (TPSA) is 64.9 Å². The highest BCUT2D eigenvalue weighted by Crippen LogP contribution is 2.20. The Morgan fingerprint density at radius 3 is 2.80 bits per heavy atom. The first-order valence-electron chi connectivity index (χ1n) is 5.21. The van der Waals surface area contributed by atoms with Gasteiger partial charge in [-0.3, -0.25) is 0 Å². The number of hydrogen-bond acceptors (Lipinski definition) is 5. The van der Waals surface area contributed by atoms with Crippen molar-refractivity contribution in [2.45, 2.75) is 38.4 Å². The summed E-state index contributed by atoms with van der Waals surface area (Å²) in [6.45, 7) is 6.68. The molecule has 0 fully saturated rings. The third kappa shape index (κ3) is 3.50. The van der Waals surface area contributed by atoms with Crippen molar-refractivity contribution in [2.24, 2.45) is 5.73 Å². The quantitative estimate of drug-likeness (QED) is 0.755. The number of nitrogens with two attached hydrogens (primary N) is 1. The molecule has 86 valence electrons. The molecule has 0 aliphatic heterocycles. The Labute approximate surface area is 95.0 Å². The van der Waals surface area contributed by atoms with Gasteiger partial charge >= 0.3 is 0 Å². The van der Waals surface area contributed by atoms with Crippen molar-refractivity contribution < 1.29 is 4.52 Å². The molecule has 0 saturated heterocycles. The predicted octanol–water partition coefficient (Wildman–Crippen LogP) is 1.95. The second kappa shape index (κ2) is 5.51. The lowest BCUT2D eigenvalue weighted by molar-refractivity contribution is 0.309. The molecule has 0 unspecified atom stereocenters. The average molecular weight is 229 g/mol. The SMILES string of the molecule is CCCSCc1noc(C(C)(C)CN)n1. The van der Waals surface area contributed by atoms with Crippen LogP contribution in [0, 0.1) is 0 Å². The summed E-state index contributed by atoms with van der Waals surface area (Å²) in [5.41, 5.74) is 5.41. The maximum Gasteiger partial charge on any atom is 0.233 e. The van der Waals surface area contributed by atoms with Crippen LogP contribution in [0.5, 0.6) is 0 Å². The maximum atomic E-state index is 5.64. The van der Waals surface area contributed by atoms with Crippen LogP contribution in [0.2, 0.25) is 0 Å². The lowest BCUT2D eigenvalue weighted by atomic mass is 9.94. The van der Waals surface area contributed by atoms with Crippen LogP contribution in [-0.2, 0) is 11.2 Å². The normalized spacial score (nSPS) is 12.0. The summed E-state index contributed by atoms with van der Waals surface area (Å²) >= 11 is 1.82. The van der Waals surface area contributed by atoms with E-state index in [0.29, 0.717) is 12.4 Å². The van der Waals surface area contributed by atoms with Gasteiger partial charge in [-0.15, -0.1) is 0 Å². The largest absolute Gasteiger partial charge is 0.339 e. The van der Waals surface area contributed by atoms with Gasteiger partial charge in [0.2, 0.25) is 5.89 Å². The Bertz CT molecular complexity index is 299. The van der Waals surface area contributed by atoms with Gasteiger partial charge < -0.3 is 10.3 Å². The molecule has 5 heteroatoms. The highest BCUT2D eigenvalue weighted by atomic mass is 32.2. The number of aromatic nitrogens is 2. The molecule has 0 amide bonds. The van der Waals surface area contributed by atoms with E-state index in [2.05, 4.69) is 17.1 Å². The van der Waals surface area contributed by atoms with Crippen molar-refractivity contribution in [3.8, 4) is 0 Å². The Morgan fingerprint density at radius 2 is 2.20 bits per heavy atom. The molecule has 0 bridgehead atoms. The van der Waals surface area contributed by atoms with E-state index in [1.807, 2.05) is 25.6 Å². The molecular weight excluding hydrogens is 210 g/mol. The Kier molecular flexibility index (Phi) is 4.60. The van der Waals surface area contributed by atoms with Crippen LogP contribution >= 0.6 is 11.8 Å². The lowest BCUT2D eigenvalue weighted by Gasteiger charge is -2.15. The van der Waals surface area contributed by atoms with Crippen molar-refractivity contribution in [2.75, 3.05) is 12.3 Å². The summed E-state index contributed by atoms with van der Waals surface area (Å²) in [6.07, 6.45) is 1.17. The van der Waals surface area contributed by atoms with Gasteiger partial charge in [0.05, 0.1) is 11.2 Å². The molecule has 0 radical (unpaired) electrons. The third-order valence-electron chi connectivity index (χ3n) is 2.14. The Morgan fingerprint density at radius 1 is 1.47 bits per heavy atom. The molecule has 0 atom stereocenters. The molecule has 1 aromatic heterocycles. The smallest absolute Gasteiger partial charge is 0.233 e. The van der Waals surface area contributed by atoms with Crippen molar-refractivity contribution >= 4 is 11.8 Å². The van der Waals surface area contributed by atoms with Gasteiger partial charge in [-0.2, -0.15) is 16.7 Å². The molecule has 1 aromatic rings. The van der Waals surface area contributed by atoms with Crippen molar-refractivity contribution in [3.63, 3.8) is 0 Å². The molecule has 0 aliphatic rings. The summed E-state index contributed by atoms with van der Waals surface area (Å²) in [5, 5.41) is 3.94. The molecule has 0 spiro atoms. The summed E-state index contributed by atoms with van der Waals surface area (Å²) < 4.78 is 5.20. The Hall–Kier alpha value is -0.550. The number of hydrogen-bond donors (Lipinski definition) is 1. The van der Waals surface area contributed by atoms with Crippen LogP contribution in [0.25, 0.3) is 0 Å². The van der Waals surface area contributed by atoms with E-state index >= 15 is 0 Å². The van der Waals surface area contributed by atoms with Crippen LogP contribution in [0.3, 0.4) is 0 Å². The van der Waals surface area contributed by atoms with E-state index in [-0.39, 0.29) is 5.41 Å². The highest BCUT2D eigenvalue weighted by molar-refractivity contribution is 7.98. The number of rotatable bonds is 6. The van der Waals surface area contributed by atoms with Crippen molar-refractivity contribution in [1.82, 2.24) is 10.1 Å². The molecule has 15 heavy (non-hydrogen) atoms. The van der Waals surface area contributed by atoms with Crippen molar-refractivity contribution in [3.05, 3.63) is 11.7 Å². The minimum Gasteiger partial charge on any atom is -0.339 e. The fraction of sp³-hybridized carbons (Fsp3) is 0.800. The molecule has 1 rings (SSSR count). The minimum atomic E-state index is -0.222. The van der Waals surface area contributed by atoms with Crippen LogP contribution in [0.15, 0.2) is 4.52 Å². The maximum absolute atomic E-state index is 5.64. The molecule has 1 heterocycles.